The second kappa shape index (κ2) is 3.63. The van der Waals surface area contributed by atoms with Crippen molar-refractivity contribution in [2.45, 2.75) is 56.9 Å². The van der Waals surface area contributed by atoms with Gasteiger partial charge in [0.2, 0.25) is 0 Å². The largest absolute Gasteiger partial charge is 0.445 e. The Labute approximate surface area is 90.1 Å². The first-order valence-electron chi connectivity index (χ1n) is 6.07. The summed E-state index contributed by atoms with van der Waals surface area (Å²) in [7, 11) is 0. The van der Waals surface area contributed by atoms with Crippen LogP contribution in [0.5, 0.6) is 0 Å². The van der Waals surface area contributed by atoms with E-state index in [9.17, 15) is 0 Å². The van der Waals surface area contributed by atoms with Gasteiger partial charge in [0.25, 0.3) is 0 Å². The Hall–Kier alpha value is -0.830. The van der Waals surface area contributed by atoms with E-state index in [1.165, 1.54) is 31.4 Å². The van der Waals surface area contributed by atoms with Crippen molar-refractivity contribution in [2.24, 2.45) is 5.73 Å². The number of aryl methyl sites for hydroxylation is 1. The van der Waals surface area contributed by atoms with Gasteiger partial charge in [-0.3, -0.25) is 0 Å². The monoisotopic (exact) mass is 206 g/mol. The SMILES string of the molecule is NC1CCc2nc(C3CCCC3)oc2C1. The lowest BCUT2D eigenvalue weighted by molar-refractivity contribution is 0.398. The van der Waals surface area contributed by atoms with Crippen LogP contribution in [0.3, 0.4) is 0 Å². The highest BCUT2D eigenvalue weighted by atomic mass is 16.4. The highest BCUT2D eigenvalue weighted by Gasteiger charge is 2.26. The number of hydrogen-bond donors (Lipinski definition) is 1. The summed E-state index contributed by atoms with van der Waals surface area (Å²) in [4.78, 5) is 4.64. The van der Waals surface area contributed by atoms with Gasteiger partial charge < -0.3 is 10.2 Å². The van der Waals surface area contributed by atoms with Crippen molar-refractivity contribution in [3.63, 3.8) is 0 Å². The summed E-state index contributed by atoms with van der Waals surface area (Å²) >= 11 is 0. The maximum atomic E-state index is 5.92. The Balaban J connectivity index is 1.85. The van der Waals surface area contributed by atoms with Crippen LogP contribution in [0.4, 0.5) is 0 Å². The van der Waals surface area contributed by atoms with Gasteiger partial charge in [-0.1, -0.05) is 12.8 Å². The second-order valence-electron chi connectivity index (χ2n) is 4.91. The molecular formula is C12H18N2O. The van der Waals surface area contributed by atoms with Gasteiger partial charge in [-0.15, -0.1) is 0 Å². The molecular weight excluding hydrogens is 188 g/mol. The van der Waals surface area contributed by atoms with Crippen LogP contribution < -0.4 is 5.73 Å². The van der Waals surface area contributed by atoms with Crippen molar-refractivity contribution in [1.82, 2.24) is 4.98 Å². The topological polar surface area (TPSA) is 52.0 Å². The van der Waals surface area contributed by atoms with Gasteiger partial charge in [-0.2, -0.15) is 0 Å². The molecule has 2 N–H and O–H groups in total. The fourth-order valence-electron chi connectivity index (χ4n) is 2.77. The molecule has 0 aliphatic heterocycles. The highest BCUT2D eigenvalue weighted by Crippen LogP contribution is 2.35. The Morgan fingerprint density at radius 3 is 2.80 bits per heavy atom. The Morgan fingerprint density at radius 2 is 2.00 bits per heavy atom. The standard InChI is InChI=1S/C12H18N2O/c13-9-5-6-10-11(7-9)15-12(14-10)8-3-1-2-4-8/h8-9H,1-7,13H2. The highest BCUT2D eigenvalue weighted by molar-refractivity contribution is 5.17. The number of nitrogens with zero attached hydrogens (tertiary/aromatic N) is 1. The molecule has 2 aliphatic carbocycles. The molecule has 0 radical (unpaired) electrons. The molecule has 3 heteroatoms. The van der Waals surface area contributed by atoms with E-state index < -0.39 is 0 Å². The number of oxazole rings is 1. The van der Waals surface area contributed by atoms with Crippen molar-refractivity contribution in [1.29, 1.82) is 0 Å². The third kappa shape index (κ3) is 1.69. The molecule has 1 fully saturated rings. The molecule has 0 spiro atoms. The van der Waals surface area contributed by atoms with Gasteiger partial charge in [-0.05, 0) is 25.7 Å². The van der Waals surface area contributed by atoms with Crippen molar-refractivity contribution in [3.8, 4) is 0 Å². The lowest BCUT2D eigenvalue weighted by Crippen LogP contribution is -2.27. The molecule has 1 heterocycles. The van der Waals surface area contributed by atoms with Crippen molar-refractivity contribution in [2.75, 3.05) is 0 Å². The Bertz CT molecular complexity index is 353. The minimum atomic E-state index is 0.280. The molecule has 1 aromatic rings. The molecule has 2 aliphatic rings. The Morgan fingerprint density at radius 1 is 1.20 bits per heavy atom. The fourth-order valence-corrected chi connectivity index (χ4v) is 2.77. The van der Waals surface area contributed by atoms with E-state index >= 15 is 0 Å². The van der Waals surface area contributed by atoms with Crippen molar-refractivity contribution < 1.29 is 4.42 Å². The van der Waals surface area contributed by atoms with Crippen LogP contribution in [-0.2, 0) is 12.8 Å². The third-order valence-electron chi connectivity index (χ3n) is 3.70. The molecule has 0 aromatic carbocycles. The average Bonchev–Trinajstić information content (AvgIpc) is 2.84. The van der Waals surface area contributed by atoms with Crippen LogP contribution in [0.25, 0.3) is 0 Å². The van der Waals surface area contributed by atoms with E-state index in [-0.39, 0.29) is 6.04 Å². The van der Waals surface area contributed by atoms with E-state index in [4.69, 9.17) is 10.2 Å². The quantitative estimate of drug-likeness (QED) is 0.766. The second-order valence-corrected chi connectivity index (χ2v) is 4.91. The van der Waals surface area contributed by atoms with E-state index in [0.29, 0.717) is 5.92 Å². The predicted molar refractivity (Wildman–Crippen MR) is 57.7 cm³/mol. The summed E-state index contributed by atoms with van der Waals surface area (Å²) in [5.41, 5.74) is 7.10. The van der Waals surface area contributed by atoms with Crippen LogP contribution in [-0.4, -0.2) is 11.0 Å². The van der Waals surface area contributed by atoms with Crippen molar-refractivity contribution >= 4 is 0 Å². The molecule has 3 nitrogen and oxygen atoms in total. The minimum absolute atomic E-state index is 0.280. The van der Waals surface area contributed by atoms with Crippen LogP contribution >= 0.6 is 0 Å². The molecule has 82 valence electrons. The molecule has 0 bridgehead atoms. The zero-order valence-electron chi connectivity index (χ0n) is 9.04. The van der Waals surface area contributed by atoms with E-state index in [1.807, 2.05) is 0 Å². The first-order chi connectivity index (χ1) is 7.33. The lowest BCUT2D eigenvalue weighted by Gasteiger charge is -2.14. The molecule has 1 saturated carbocycles. The lowest BCUT2D eigenvalue weighted by atomic mass is 9.98. The van der Waals surface area contributed by atoms with E-state index in [0.717, 1.165) is 30.9 Å². The molecule has 1 aromatic heterocycles. The number of hydrogen-bond acceptors (Lipinski definition) is 3. The van der Waals surface area contributed by atoms with Crippen LogP contribution in [0.2, 0.25) is 0 Å². The maximum absolute atomic E-state index is 5.92. The summed E-state index contributed by atoms with van der Waals surface area (Å²) in [6.07, 6.45) is 8.12. The molecule has 0 saturated heterocycles. The first-order valence-corrected chi connectivity index (χ1v) is 6.07. The van der Waals surface area contributed by atoms with E-state index in [1.54, 1.807) is 0 Å². The summed E-state index contributed by atoms with van der Waals surface area (Å²) in [6.45, 7) is 0. The summed E-state index contributed by atoms with van der Waals surface area (Å²) in [6, 6.07) is 0.280. The fraction of sp³-hybridized carbons (Fsp3) is 0.750. The molecule has 0 amide bonds. The predicted octanol–water partition coefficient (Wildman–Crippen LogP) is 2.15. The number of aromatic nitrogens is 1. The van der Waals surface area contributed by atoms with Crippen molar-refractivity contribution in [3.05, 3.63) is 17.3 Å². The van der Waals surface area contributed by atoms with Gasteiger partial charge >= 0.3 is 0 Å². The summed E-state index contributed by atoms with van der Waals surface area (Å²) in [5.74, 6) is 2.65. The smallest absolute Gasteiger partial charge is 0.197 e. The van der Waals surface area contributed by atoms with Crippen LogP contribution in [0.15, 0.2) is 4.42 Å². The van der Waals surface area contributed by atoms with Crippen LogP contribution in [0, 0.1) is 0 Å². The Kier molecular flexibility index (Phi) is 2.28. The summed E-state index contributed by atoms with van der Waals surface area (Å²) in [5, 5.41) is 0. The van der Waals surface area contributed by atoms with Gasteiger partial charge in [0.1, 0.15) is 5.76 Å². The van der Waals surface area contributed by atoms with Gasteiger partial charge in [-0.25, -0.2) is 4.98 Å². The number of rotatable bonds is 1. The van der Waals surface area contributed by atoms with E-state index in [2.05, 4.69) is 4.98 Å². The first kappa shape index (κ1) is 9.40. The molecule has 1 unspecified atom stereocenters. The normalized spacial score (nSPS) is 26.9. The summed E-state index contributed by atoms with van der Waals surface area (Å²) < 4.78 is 5.87. The number of nitrogens with two attached hydrogens (primary N) is 1. The molecule has 15 heavy (non-hydrogen) atoms. The van der Waals surface area contributed by atoms with Crippen LogP contribution in [0.1, 0.15) is 55.4 Å². The zero-order chi connectivity index (χ0) is 10.3. The zero-order valence-corrected chi connectivity index (χ0v) is 9.04. The minimum Gasteiger partial charge on any atom is -0.445 e. The number of fused-ring (bicyclic) bond motifs is 1. The maximum Gasteiger partial charge on any atom is 0.197 e. The van der Waals surface area contributed by atoms with Gasteiger partial charge in [0.05, 0.1) is 5.69 Å². The molecule has 1 atom stereocenters. The third-order valence-corrected chi connectivity index (χ3v) is 3.70. The molecule has 3 rings (SSSR count). The average molecular weight is 206 g/mol. The van der Waals surface area contributed by atoms with Gasteiger partial charge in [0.15, 0.2) is 5.89 Å². The van der Waals surface area contributed by atoms with Gasteiger partial charge in [0, 0.05) is 18.4 Å².